The highest BCUT2D eigenvalue weighted by molar-refractivity contribution is 5.86. The molecule has 4 nitrogen and oxygen atoms in total. The summed E-state index contributed by atoms with van der Waals surface area (Å²) in [7, 11) is 1.17. The second-order valence-corrected chi connectivity index (χ2v) is 4.83. The van der Waals surface area contributed by atoms with Gasteiger partial charge in [0.1, 0.15) is 0 Å². The number of carbonyl (C=O) groups excluding carboxylic acids is 1. The van der Waals surface area contributed by atoms with Crippen LogP contribution in [0.2, 0.25) is 0 Å². The van der Waals surface area contributed by atoms with Gasteiger partial charge in [-0.15, -0.1) is 0 Å². The predicted molar refractivity (Wildman–Crippen MR) is 62.5 cm³/mol. The van der Waals surface area contributed by atoms with Gasteiger partial charge in [-0.2, -0.15) is 13.2 Å². The molecule has 0 spiro atoms. The van der Waals surface area contributed by atoms with E-state index in [1.807, 2.05) is 0 Å². The molecule has 112 valence electrons. The Kier molecular flexibility index (Phi) is 5.61. The van der Waals surface area contributed by atoms with Crippen molar-refractivity contribution in [2.24, 2.45) is 5.92 Å². The zero-order valence-electron chi connectivity index (χ0n) is 10.9. The summed E-state index contributed by atoms with van der Waals surface area (Å²) >= 11 is 0. The van der Waals surface area contributed by atoms with Gasteiger partial charge < -0.3 is 15.2 Å². The van der Waals surface area contributed by atoms with Crippen molar-refractivity contribution in [2.75, 3.05) is 20.3 Å². The van der Waals surface area contributed by atoms with Gasteiger partial charge in [0.05, 0.1) is 0 Å². The van der Waals surface area contributed by atoms with Gasteiger partial charge in [0.15, 0.2) is 0 Å². The number of hydrogen-bond donors (Lipinski definition) is 2. The Morgan fingerprint density at radius 2 is 2.21 bits per heavy atom. The summed E-state index contributed by atoms with van der Waals surface area (Å²) in [5.41, 5.74) is -2.75. The smallest absolute Gasteiger partial charge is 0.396 e. The molecule has 0 aliphatic carbocycles. The Hall–Kier alpha value is -0.820. The van der Waals surface area contributed by atoms with Crippen LogP contribution in [-0.2, 0) is 9.53 Å². The van der Waals surface area contributed by atoms with Crippen molar-refractivity contribution in [1.82, 2.24) is 5.32 Å². The van der Waals surface area contributed by atoms with Crippen LogP contribution < -0.4 is 5.32 Å². The van der Waals surface area contributed by atoms with E-state index in [-0.39, 0.29) is 25.6 Å². The van der Waals surface area contributed by atoms with Gasteiger partial charge in [-0.3, -0.25) is 4.79 Å². The Labute approximate surface area is 110 Å². The van der Waals surface area contributed by atoms with Gasteiger partial charge in [-0.1, -0.05) is 0 Å². The number of amides is 1. The van der Waals surface area contributed by atoms with Crippen LogP contribution in [0, 0.1) is 5.92 Å². The van der Waals surface area contributed by atoms with Crippen molar-refractivity contribution >= 4 is 5.91 Å². The van der Waals surface area contributed by atoms with E-state index in [9.17, 15) is 18.0 Å². The van der Waals surface area contributed by atoms with Gasteiger partial charge in [-0.25, -0.2) is 0 Å². The number of rotatable bonds is 4. The number of carbonyl (C=O) groups is 1. The quantitative estimate of drug-likeness (QED) is 0.824. The van der Waals surface area contributed by atoms with Crippen LogP contribution in [0.1, 0.15) is 32.1 Å². The third-order valence-corrected chi connectivity index (χ3v) is 3.50. The average Bonchev–Trinajstić information content (AvgIpc) is 2.58. The van der Waals surface area contributed by atoms with E-state index in [1.54, 1.807) is 0 Å². The minimum atomic E-state index is -4.74. The van der Waals surface area contributed by atoms with Crippen LogP contribution in [0.4, 0.5) is 13.2 Å². The van der Waals surface area contributed by atoms with E-state index in [4.69, 9.17) is 9.84 Å². The monoisotopic (exact) mass is 283 g/mol. The summed E-state index contributed by atoms with van der Waals surface area (Å²) in [6.45, 7) is -0.140. The van der Waals surface area contributed by atoms with Crippen LogP contribution in [-0.4, -0.2) is 43.1 Å². The molecule has 1 amide bonds. The largest absolute Gasteiger partial charge is 0.426 e. The van der Waals surface area contributed by atoms with Crippen molar-refractivity contribution in [3.05, 3.63) is 0 Å². The van der Waals surface area contributed by atoms with Gasteiger partial charge in [-0.05, 0) is 38.0 Å². The molecule has 7 heteroatoms. The normalized spacial score (nSPS) is 28.8. The standard InChI is InChI=1S/C12H20F3NO3/c1-16-10(18)11(12(13,14)15)8-9(4-2-6-17)5-3-7-19-11/h9,17H,2-8H2,1H3,(H,16,18). The molecule has 0 saturated carbocycles. The Bertz CT molecular complexity index is 309. The maximum Gasteiger partial charge on any atom is 0.426 e. The Morgan fingerprint density at radius 3 is 2.74 bits per heavy atom. The van der Waals surface area contributed by atoms with Gasteiger partial charge in [0, 0.05) is 20.3 Å². The Balaban J connectivity index is 2.96. The number of hydrogen-bond acceptors (Lipinski definition) is 3. The van der Waals surface area contributed by atoms with Crippen LogP contribution in [0.5, 0.6) is 0 Å². The van der Waals surface area contributed by atoms with Crippen molar-refractivity contribution in [3.8, 4) is 0 Å². The van der Waals surface area contributed by atoms with E-state index in [2.05, 4.69) is 5.32 Å². The molecule has 1 heterocycles. The molecule has 1 saturated heterocycles. The molecule has 0 aromatic carbocycles. The average molecular weight is 283 g/mol. The van der Waals surface area contributed by atoms with E-state index in [0.717, 1.165) is 0 Å². The number of aliphatic hydroxyl groups is 1. The number of aliphatic hydroxyl groups excluding tert-OH is 1. The van der Waals surface area contributed by atoms with Crippen molar-refractivity contribution in [3.63, 3.8) is 0 Å². The molecule has 2 atom stereocenters. The summed E-state index contributed by atoms with van der Waals surface area (Å²) in [5.74, 6) is -1.41. The molecule has 0 bridgehead atoms. The molecule has 0 radical (unpaired) electrons. The van der Waals surface area contributed by atoms with E-state index in [1.165, 1.54) is 7.05 Å². The number of nitrogens with one attached hydrogen (secondary N) is 1. The first-order valence-corrected chi connectivity index (χ1v) is 6.41. The number of ether oxygens (including phenoxy) is 1. The van der Waals surface area contributed by atoms with Crippen LogP contribution in [0.15, 0.2) is 0 Å². The fourth-order valence-electron chi connectivity index (χ4n) is 2.50. The van der Waals surface area contributed by atoms with Crippen LogP contribution in [0.25, 0.3) is 0 Å². The summed E-state index contributed by atoms with van der Waals surface area (Å²) in [6, 6.07) is 0. The molecular weight excluding hydrogens is 263 g/mol. The highest BCUT2D eigenvalue weighted by Gasteiger charge is 2.62. The van der Waals surface area contributed by atoms with Crippen LogP contribution in [0.3, 0.4) is 0 Å². The maximum absolute atomic E-state index is 13.3. The zero-order chi connectivity index (χ0) is 14.5. The van der Waals surface area contributed by atoms with Gasteiger partial charge in [0.25, 0.3) is 5.91 Å². The number of alkyl halides is 3. The van der Waals surface area contributed by atoms with Crippen molar-refractivity contribution in [2.45, 2.75) is 43.9 Å². The minimum Gasteiger partial charge on any atom is -0.396 e. The molecule has 19 heavy (non-hydrogen) atoms. The highest BCUT2D eigenvalue weighted by atomic mass is 19.4. The number of halogens is 3. The van der Waals surface area contributed by atoms with E-state index < -0.39 is 17.7 Å². The summed E-state index contributed by atoms with van der Waals surface area (Å²) < 4.78 is 44.7. The lowest BCUT2D eigenvalue weighted by Gasteiger charge is -2.34. The number of likely N-dealkylation sites (N-methyl/N-ethyl adjacent to an activating group) is 1. The molecule has 0 aromatic heterocycles. The van der Waals surface area contributed by atoms with Crippen molar-refractivity contribution in [1.29, 1.82) is 0 Å². The molecule has 1 aliphatic rings. The van der Waals surface area contributed by atoms with Crippen molar-refractivity contribution < 1.29 is 27.8 Å². The van der Waals surface area contributed by atoms with Crippen LogP contribution >= 0.6 is 0 Å². The molecule has 1 rings (SSSR count). The first-order chi connectivity index (χ1) is 8.87. The van der Waals surface area contributed by atoms with E-state index >= 15 is 0 Å². The minimum absolute atomic E-state index is 0.0592. The van der Waals surface area contributed by atoms with E-state index in [0.29, 0.717) is 25.7 Å². The fraction of sp³-hybridized carbons (Fsp3) is 0.917. The predicted octanol–water partition coefficient (Wildman–Crippen LogP) is 1.62. The SMILES string of the molecule is CNC(=O)C1(C(F)(F)F)CC(CCCO)CCCO1. The van der Waals surface area contributed by atoms with Gasteiger partial charge >= 0.3 is 6.18 Å². The fourth-order valence-corrected chi connectivity index (χ4v) is 2.50. The lowest BCUT2D eigenvalue weighted by atomic mass is 9.85. The lowest BCUT2D eigenvalue weighted by Crippen LogP contribution is -2.58. The third kappa shape index (κ3) is 3.60. The highest BCUT2D eigenvalue weighted by Crippen LogP contribution is 2.42. The Morgan fingerprint density at radius 1 is 1.53 bits per heavy atom. The van der Waals surface area contributed by atoms with Gasteiger partial charge in [0.2, 0.25) is 5.60 Å². The molecule has 1 aliphatic heterocycles. The first kappa shape index (κ1) is 16.2. The molecule has 2 unspecified atom stereocenters. The second-order valence-electron chi connectivity index (χ2n) is 4.83. The topological polar surface area (TPSA) is 58.6 Å². The third-order valence-electron chi connectivity index (χ3n) is 3.50. The molecule has 2 N–H and O–H groups in total. The first-order valence-electron chi connectivity index (χ1n) is 6.41. The second kappa shape index (κ2) is 6.56. The molecule has 0 aromatic rings. The molecule has 1 fully saturated rings. The summed E-state index contributed by atoms with van der Waals surface area (Å²) in [6.07, 6.45) is -3.15. The molecular formula is C12H20F3NO3. The summed E-state index contributed by atoms with van der Waals surface area (Å²) in [5, 5.41) is 10.8. The lowest BCUT2D eigenvalue weighted by molar-refractivity contribution is -0.269. The maximum atomic E-state index is 13.3. The summed E-state index contributed by atoms with van der Waals surface area (Å²) in [4.78, 5) is 11.7. The zero-order valence-corrected chi connectivity index (χ0v) is 10.9.